The van der Waals surface area contributed by atoms with Crippen molar-refractivity contribution < 1.29 is 14.3 Å². The van der Waals surface area contributed by atoms with E-state index in [1.807, 2.05) is 26.2 Å². The summed E-state index contributed by atoms with van der Waals surface area (Å²) in [7, 11) is 7.32. The highest BCUT2D eigenvalue weighted by Gasteiger charge is 2.24. The molecule has 4 rings (SSSR count). The van der Waals surface area contributed by atoms with Gasteiger partial charge in [0.1, 0.15) is 35.4 Å². The highest BCUT2D eigenvalue weighted by Crippen LogP contribution is 2.36. The number of methoxy groups -OCH3 is 1. The van der Waals surface area contributed by atoms with E-state index in [9.17, 15) is 0 Å². The molecule has 1 aliphatic heterocycles. The molecule has 3 aromatic rings. The third kappa shape index (κ3) is 5.55. The highest BCUT2D eigenvalue weighted by atomic mass is 16.6. The van der Waals surface area contributed by atoms with Gasteiger partial charge in [-0.15, -0.1) is 0 Å². The number of aromatic nitrogens is 2. The number of rotatable bonds is 8. The maximum Gasteiger partial charge on any atom is 0.144 e. The van der Waals surface area contributed by atoms with Gasteiger partial charge in [0.25, 0.3) is 0 Å². The van der Waals surface area contributed by atoms with Crippen LogP contribution in [-0.4, -0.2) is 56.3 Å². The molecule has 1 N–H and O–H groups in total. The molecule has 36 heavy (non-hydrogen) atoms. The Kier molecular flexibility index (Phi) is 7.96. The Bertz CT molecular complexity index is 1210. The predicted octanol–water partition coefficient (Wildman–Crippen LogP) is 5.02. The molecule has 0 aliphatic carbocycles. The van der Waals surface area contributed by atoms with Gasteiger partial charge in [0.15, 0.2) is 0 Å². The fraction of sp³-hybridized carbons (Fsp3) is 0.429. The lowest BCUT2D eigenvalue weighted by molar-refractivity contribution is 0.268. The molecule has 0 fully saturated rings. The van der Waals surface area contributed by atoms with E-state index in [1.165, 1.54) is 5.56 Å². The molecule has 0 amide bonds. The van der Waals surface area contributed by atoms with Gasteiger partial charge < -0.3 is 19.3 Å². The van der Waals surface area contributed by atoms with Crippen molar-refractivity contribution in [1.82, 2.24) is 14.9 Å². The zero-order valence-electron chi connectivity index (χ0n) is 22.4. The van der Waals surface area contributed by atoms with E-state index in [2.05, 4.69) is 60.3 Å². The number of anilines is 2. The van der Waals surface area contributed by atoms with Gasteiger partial charge in [-0.1, -0.05) is 26.0 Å². The van der Waals surface area contributed by atoms with Crippen LogP contribution in [0, 0.1) is 6.92 Å². The molecule has 0 radical (unpaired) electrons. The van der Waals surface area contributed by atoms with Crippen LogP contribution in [0.25, 0.3) is 11.1 Å². The van der Waals surface area contributed by atoms with Crippen LogP contribution in [-0.2, 0) is 17.9 Å². The lowest BCUT2D eigenvalue weighted by Crippen LogP contribution is -2.29. The Labute approximate surface area is 214 Å². The summed E-state index contributed by atoms with van der Waals surface area (Å²) in [4.78, 5) is 19.4. The fourth-order valence-corrected chi connectivity index (χ4v) is 4.73. The van der Waals surface area contributed by atoms with Crippen molar-refractivity contribution in [3.63, 3.8) is 0 Å². The highest BCUT2D eigenvalue weighted by molar-refractivity contribution is 5.73. The van der Waals surface area contributed by atoms with Crippen LogP contribution in [0.4, 0.5) is 11.5 Å². The molecular formula is C28H37N5O3. The van der Waals surface area contributed by atoms with Crippen molar-refractivity contribution in [3.8, 4) is 22.6 Å². The Balaban J connectivity index is 1.72. The van der Waals surface area contributed by atoms with E-state index in [-0.39, 0.29) is 0 Å². The molecule has 1 aliphatic rings. The van der Waals surface area contributed by atoms with Gasteiger partial charge in [-0.25, -0.2) is 9.97 Å². The van der Waals surface area contributed by atoms with Crippen LogP contribution >= 0.6 is 0 Å². The van der Waals surface area contributed by atoms with Crippen LogP contribution in [0.1, 0.15) is 42.4 Å². The number of fused-ring (bicyclic) bond motifs is 1. The number of aryl methyl sites for hydroxylation is 1. The minimum atomic E-state index is 0.314. The van der Waals surface area contributed by atoms with E-state index in [4.69, 9.17) is 24.3 Å². The topological polar surface area (TPSA) is 72.0 Å². The Morgan fingerprint density at radius 2 is 1.83 bits per heavy atom. The number of hydrogen-bond donors (Lipinski definition) is 1. The lowest BCUT2D eigenvalue weighted by Gasteiger charge is -2.27. The smallest absolute Gasteiger partial charge is 0.144 e. The SMILES string of the molecule is CONc1cc(-c2ccc3c(c2)CN(c2nc(CN(C)C)nc(C)c2C(C)C)CCO3)ccc1OC. The third-order valence-electron chi connectivity index (χ3n) is 6.28. The molecule has 192 valence electrons. The molecule has 8 heteroatoms. The zero-order valence-corrected chi connectivity index (χ0v) is 22.4. The average Bonchev–Trinajstić information content (AvgIpc) is 3.05. The second kappa shape index (κ2) is 11.1. The van der Waals surface area contributed by atoms with E-state index in [1.54, 1.807) is 14.2 Å². The van der Waals surface area contributed by atoms with Gasteiger partial charge in [-0.3, -0.25) is 10.3 Å². The van der Waals surface area contributed by atoms with Crippen molar-refractivity contribution in [2.24, 2.45) is 0 Å². The van der Waals surface area contributed by atoms with Crippen molar-refractivity contribution in [2.45, 2.75) is 39.8 Å². The number of nitrogens with one attached hydrogen (secondary N) is 1. The maximum atomic E-state index is 6.17. The van der Waals surface area contributed by atoms with Crippen LogP contribution in [0.3, 0.4) is 0 Å². The molecule has 1 aromatic heterocycles. The Hall–Kier alpha value is -3.36. The molecule has 0 atom stereocenters. The van der Waals surface area contributed by atoms with Crippen molar-refractivity contribution >= 4 is 11.5 Å². The lowest BCUT2D eigenvalue weighted by atomic mass is 10.00. The van der Waals surface area contributed by atoms with E-state index in [0.29, 0.717) is 25.6 Å². The number of benzene rings is 2. The Morgan fingerprint density at radius 3 is 2.53 bits per heavy atom. The van der Waals surface area contributed by atoms with Gasteiger partial charge in [0, 0.05) is 23.4 Å². The average molecular weight is 492 g/mol. The molecule has 0 bridgehead atoms. The normalized spacial score (nSPS) is 13.4. The van der Waals surface area contributed by atoms with Gasteiger partial charge in [-0.2, -0.15) is 0 Å². The quantitative estimate of drug-likeness (QED) is 0.441. The van der Waals surface area contributed by atoms with Crippen LogP contribution < -0.4 is 19.9 Å². The first-order valence-electron chi connectivity index (χ1n) is 12.3. The van der Waals surface area contributed by atoms with Crippen LogP contribution in [0.5, 0.6) is 11.5 Å². The van der Waals surface area contributed by atoms with Crippen molar-refractivity contribution in [3.05, 3.63) is 59.0 Å². The monoisotopic (exact) mass is 491 g/mol. The molecule has 8 nitrogen and oxygen atoms in total. The maximum absolute atomic E-state index is 6.17. The molecular weight excluding hydrogens is 454 g/mol. The third-order valence-corrected chi connectivity index (χ3v) is 6.28. The molecule has 2 heterocycles. The number of ether oxygens (including phenoxy) is 2. The number of nitrogens with zero attached hydrogens (tertiary/aromatic N) is 4. The Morgan fingerprint density at radius 1 is 1.08 bits per heavy atom. The van der Waals surface area contributed by atoms with E-state index < -0.39 is 0 Å². The summed E-state index contributed by atoms with van der Waals surface area (Å²) in [6.07, 6.45) is 0. The number of hydrogen-bond acceptors (Lipinski definition) is 8. The van der Waals surface area contributed by atoms with Crippen LogP contribution in [0.15, 0.2) is 36.4 Å². The van der Waals surface area contributed by atoms with Gasteiger partial charge >= 0.3 is 0 Å². The first kappa shape index (κ1) is 25.7. The van der Waals surface area contributed by atoms with Crippen molar-refractivity contribution in [1.29, 1.82) is 0 Å². The first-order chi connectivity index (χ1) is 17.3. The van der Waals surface area contributed by atoms with Crippen LogP contribution in [0.2, 0.25) is 0 Å². The first-order valence-corrected chi connectivity index (χ1v) is 12.3. The summed E-state index contributed by atoms with van der Waals surface area (Å²) in [6.45, 7) is 9.27. The molecule has 0 saturated carbocycles. The largest absolute Gasteiger partial charge is 0.495 e. The summed E-state index contributed by atoms with van der Waals surface area (Å²) in [5, 5.41) is 0. The molecule has 0 spiro atoms. The standard InChI is InChI=1S/C28H37N5O3/c1-18(2)27-19(3)29-26(17-32(4)5)30-28(27)33-12-13-36-24-10-8-20(14-22(24)16-33)21-9-11-25(34-6)23(15-21)31-35-7/h8-11,14-15,18,31H,12-13,16-17H2,1-7H3. The van der Waals surface area contributed by atoms with Crippen molar-refractivity contribution in [2.75, 3.05) is 51.8 Å². The molecule has 0 saturated heterocycles. The van der Waals surface area contributed by atoms with Gasteiger partial charge in [-0.05, 0) is 62.3 Å². The summed E-state index contributed by atoms with van der Waals surface area (Å²) >= 11 is 0. The molecule has 2 aromatic carbocycles. The fourth-order valence-electron chi connectivity index (χ4n) is 4.73. The summed E-state index contributed by atoms with van der Waals surface area (Å²) < 4.78 is 11.6. The van der Waals surface area contributed by atoms with E-state index >= 15 is 0 Å². The molecule has 0 unspecified atom stereocenters. The second-order valence-corrected chi connectivity index (χ2v) is 9.67. The predicted molar refractivity (Wildman–Crippen MR) is 144 cm³/mol. The zero-order chi connectivity index (χ0) is 25.8. The minimum Gasteiger partial charge on any atom is -0.495 e. The van der Waals surface area contributed by atoms with Gasteiger partial charge in [0.05, 0.1) is 27.3 Å². The second-order valence-electron chi connectivity index (χ2n) is 9.67. The summed E-state index contributed by atoms with van der Waals surface area (Å²) in [5.74, 6) is 3.79. The van der Waals surface area contributed by atoms with Gasteiger partial charge in [0.2, 0.25) is 0 Å². The summed E-state index contributed by atoms with van der Waals surface area (Å²) in [6, 6.07) is 12.4. The van der Waals surface area contributed by atoms with E-state index in [0.717, 1.165) is 57.8 Å². The summed E-state index contributed by atoms with van der Waals surface area (Å²) in [5.41, 5.74) is 9.20. The minimum absolute atomic E-state index is 0.314.